The Morgan fingerprint density at radius 1 is 1.05 bits per heavy atom. The van der Waals surface area contributed by atoms with E-state index in [4.69, 9.17) is 4.74 Å². The van der Waals surface area contributed by atoms with E-state index < -0.39 is 0 Å². The Morgan fingerprint density at radius 3 is 2.50 bits per heavy atom. The molecule has 0 spiro atoms. The number of fused-ring (bicyclic) bond motifs is 1. The summed E-state index contributed by atoms with van der Waals surface area (Å²) in [6.07, 6.45) is 0.537. The Balaban J connectivity index is 2.10. The standard InChI is InChI=1S/C17H14BrNO3/c1-22-14-7-3-5-11(9-18)13(14)8-10-4-2-6-12-15(10)17(21)19-16(12)20/h2-7H,8-9H2,1H3,(H,19,20,21). The summed E-state index contributed by atoms with van der Waals surface area (Å²) in [6.45, 7) is 0. The van der Waals surface area contributed by atoms with E-state index in [1.54, 1.807) is 19.2 Å². The number of alkyl halides is 1. The first-order valence-corrected chi connectivity index (χ1v) is 7.96. The fourth-order valence-corrected chi connectivity index (χ4v) is 3.28. The molecular weight excluding hydrogens is 346 g/mol. The zero-order chi connectivity index (χ0) is 15.7. The van der Waals surface area contributed by atoms with Gasteiger partial charge in [0, 0.05) is 17.3 Å². The van der Waals surface area contributed by atoms with Gasteiger partial charge in [-0.15, -0.1) is 0 Å². The molecule has 5 heteroatoms. The molecule has 2 amide bonds. The number of halogens is 1. The van der Waals surface area contributed by atoms with Crippen LogP contribution in [0.4, 0.5) is 0 Å². The van der Waals surface area contributed by atoms with Gasteiger partial charge in [-0.05, 0) is 23.3 Å². The number of carbonyl (C=O) groups excluding carboxylic acids is 2. The quantitative estimate of drug-likeness (QED) is 0.674. The fraction of sp³-hybridized carbons (Fsp3) is 0.176. The third-order valence-corrected chi connectivity index (χ3v) is 4.41. The Kier molecular flexibility index (Phi) is 3.98. The minimum Gasteiger partial charge on any atom is -0.496 e. The van der Waals surface area contributed by atoms with Crippen molar-refractivity contribution in [3.63, 3.8) is 0 Å². The highest BCUT2D eigenvalue weighted by atomic mass is 79.9. The zero-order valence-electron chi connectivity index (χ0n) is 12.0. The first-order chi connectivity index (χ1) is 10.7. The predicted octanol–water partition coefficient (Wildman–Crippen LogP) is 3.06. The van der Waals surface area contributed by atoms with Gasteiger partial charge in [0.2, 0.25) is 0 Å². The van der Waals surface area contributed by atoms with Crippen LogP contribution in [0.25, 0.3) is 0 Å². The SMILES string of the molecule is COc1cccc(CBr)c1Cc1cccc2c1C(=O)NC2=O. The fourth-order valence-electron chi connectivity index (χ4n) is 2.76. The molecule has 4 nitrogen and oxygen atoms in total. The first kappa shape index (κ1) is 14.8. The van der Waals surface area contributed by atoms with E-state index in [0.29, 0.717) is 22.9 Å². The van der Waals surface area contributed by atoms with E-state index in [9.17, 15) is 9.59 Å². The van der Waals surface area contributed by atoms with Crippen molar-refractivity contribution in [3.8, 4) is 5.75 Å². The smallest absolute Gasteiger partial charge is 0.259 e. The molecule has 0 radical (unpaired) electrons. The summed E-state index contributed by atoms with van der Waals surface area (Å²) in [5, 5.41) is 3.04. The van der Waals surface area contributed by atoms with Crippen molar-refractivity contribution in [1.29, 1.82) is 0 Å². The van der Waals surface area contributed by atoms with Crippen LogP contribution in [0, 0.1) is 0 Å². The average molecular weight is 360 g/mol. The van der Waals surface area contributed by atoms with Crippen molar-refractivity contribution in [2.24, 2.45) is 0 Å². The number of imide groups is 1. The summed E-state index contributed by atoms with van der Waals surface area (Å²) in [5.74, 6) is 0.118. The second-order valence-electron chi connectivity index (χ2n) is 5.03. The Bertz CT molecular complexity index is 748. The highest BCUT2D eigenvalue weighted by molar-refractivity contribution is 9.08. The van der Waals surface area contributed by atoms with E-state index in [1.165, 1.54) is 0 Å². The lowest BCUT2D eigenvalue weighted by Crippen LogP contribution is -2.20. The van der Waals surface area contributed by atoms with Crippen LogP contribution in [0.2, 0.25) is 0 Å². The van der Waals surface area contributed by atoms with Gasteiger partial charge in [0.1, 0.15) is 5.75 Å². The lowest BCUT2D eigenvalue weighted by atomic mass is 9.94. The predicted molar refractivity (Wildman–Crippen MR) is 86.7 cm³/mol. The van der Waals surface area contributed by atoms with Crippen LogP contribution in [0.5, 0.6) is 5.75 Å². The molecule has 1 heterocycles. The monoisotopic (exact) mass is 359 g/mol. The Morgan fingerprint density at radius 2 is 1.77 bits per heavy atom. The number of carbonyl (C=O) groups is 2. The summed E-state index contributed by atoms with van der Waals surface area (Å²) in [4.78, 5) is 23.8. The molecular formula is C17H14BrNO3. The van der Waals surface area contributed by atoms with Crippen molar-refractivity contribution in [2.75, 3.05) is 7.11 Å². The third-order valence-electron chi connectivity index (χ3n) is 3.81. The number of amides is 2. The van der Waals surface area contributed by atoms with Crippen molar-refractivity contribution < 1.29 is 14.3 Å². The van der Waals surface area contributed by atoms with E-state index in [2.05, 4.69) is 21.2 Å². The van der Waals surface area contributed by atoms with Crippen molar-refractivity contribution in [1.82, 2.24) is 5.32 Å². The van der Waals surface area contributed by atoms with Gasteiger partial charge in [-0.3, -0.25) is 14.9 Å². The largest absolute Gasteiger partial charge is 0.496 e. The molecule has 0 bridgehead atoms. The summed E-state index contributed by atoms with van der Waals surface area (Å²) >= 11 is 3.48. The molecule has 0 atom stereocenters. The van der Waals surface area contributed by atoms with Gasteiger partial charge in [0.05, 0.1) is 18.2 Å². The van der Waals surface area contributed by atoms with Crippen LogP contribution in [0.3, 0.4) is 0 Å². The zero-order valence-corrected chi connectivity index (χ0v) is 13.6. The summed E-state index contributed by atoms with van der Waals surface area (Å²) in [6, 6.07) is 11.2. The first-order valence-electron chi connectivity index (χ1n) is 6.84. The van der Waals surface area contributed by atoms with Gasteiger partial charge in [-0.1, -0.05) is 40.2 Å². The van der Waals surface area contributed by atoms with Gasteiger partial charge < -0.3 is 4.74 Å². The van der Waals surface area contributed by atoms with E-state index in [-0.39, 0.29) is 11.8 Å². The number of hydrogen-bond donors (Lipinski definition) is 1. The van der Waals surface area contributed by atoms with Crippen LogP contribution in [0.15, 0.2) is 36.4 Å². The van der Waals surface area contributed by atoms with E-state index in [1.807, 2.05) is 24.3 Å². The molecule has 0 saturated carbocycles. The summed E-state index contributed by atoms with van der Waals surface area (Å²) in [5.41, 5.74) is 3.85. The summed E-state index contributed by atoms with van der Waals surface area (Å²) in [7, 11) is 1.63. The Labute approximate surface area is 136 Å². The van der Waals surface area contributed by atoms with Crippen molar-refractivity contribution in [2.45, 2.75) is 11.8 Å². The molecule has 1 aliphatic rings. The maximum absolute atomic E-state index is 12.0. The molecule has 3 rings (SSSR count). The maximum atomic E-state index is 12.0. The minimum absolute atomic E-state index is 0.328. The number of benzene rings is 2. The molecule has 2 aromatic carbocycles. The molecule has 0 aliphatic carbocycles. The number of hydrogen-bond acceptors (Lipinski definition) is 3. The lowest BCUT2D eigenvalue weighted by Gasteiger charge is -2.14. The van der Waals surface area contributed by atoms with Crippen molar-refractivity contribution in [3.05, 3.63) is 64.2 Å². The third kappa shape index (κ3) is 2.41. The molecule has 0 fully saturated rings. The number of rotatable bonds is 4. The van der Waals surface area contributed by atoms with E-state index >= 15 is 0 Å². The van der Waals surface area contributed by atoms with Gasteiger partial charge in [-0.25, -0.2) is 0 Å². The molecule has 2 aromatic rings. The minimum atomic E-state index is -0.331. The molecule has 22 heavy (non-hydrogen) atoms. The van der Waals surface area contributed by atoms with Crippen LogP contribution in [0.1, 0.15) is 37.4 Å². The molecule has 112 valence electrons. The molecule has 0 unspecified atom stereocenters. The van der Waals surface area contributed by atoms with Crippen LogP contribution in [-0.2, 0) is 11.8 Å². The number of nitrogens with one attached hydrogen (secondary N) is 1. The van der Waals surface area contributed by atoms with Crippen LogP contribution < -0.4 is 10.1 Å². The Hall–Kier alpha value is -2.14. The van der Waals surface area contributed by atoms with Gasteiger partial charge >= 0.3 is 0 Å². The molecule has 1 aliphatic heterocycles. The lowest BCUT2D eigenvalue weighted by molar-refractivity contribution is 0.0879. The molecule has 0 saturated heterocycles. The highest BCUT2D eigenvalue weighted by Gasteiger charge is 2.29. The molecule has 1 N–H and O–H groups in total. The maximum Gasteiger partial charge on any atom is 0.259 e. The normalized spacial score (nSPS) is 13.0. The highest BCUT2D eigenvalue weighted by Crippen LogP contribution is 2.29. The van der Waals surface area contributed by atoms with Crippen LogP contribution >= 0.6 is 15.9 Å². The van der Waals surface area contributed by atoms with Gasteiger partial charge in [0.15, 0.2) is 0 Å². The number of ether oxygens (including phenoxy) is 1. The van der Waals surface area contributed by atoms with E-state index in [0.717, 1.165) is 22.4 Å². The molecule has 0 aromatic heterocycles. The summed E-state index contributed by atoms with van der Waals surface area (Å²) < 4.78 is 5.44. The average Bonchev–Trinajstić information content (AvgIpc) is 2.83. The second-order valence-corrected chi connectivity index (χ2v) is 5.59. The van der Waals surface area contributed by atoms with Gasteiger partial charge in [-0.2, -0.15) is 0 Å². The number of methoxy groups -OCH3 is 1. The van der Waals surface area contributed by atoms with Crippen LogP contribution in [-0.4, -0.2) is 18.9 Å². The van der Waals surface area contributed by atoms with Crippen molar-refractivity contribution >= 4 is 27.7 Å². The topological polar surface area (TPSA) is 55.4 Å². The second kappa shape index (κ2) is 5.93. The van der Waals surface area contributed by atoms with Gasteiger partial charge in [0.25, 0.3) is 11.8 Å².